The summed E-state index contributed by atoms with van der Waals surface area (Å²) in [6, 6.07) is 1.44. The van der Waals surface area contributed by atoms with E-state index in [9.17, 15) is 0 Å². The SMILES string of the molecule is CC1CCC2CCCC3[O][Ga]([O]C4CCCC(C5CCCCC5)C4)[N]1C23. The summed E-state index contributed by atoms with van der Waals surface area (Å²) in [7, 11) is 0. The summed E-state index contributed by atoms with van der Waals surface area (Å²) in [5.41, 5.74) is 0. The van der Waals surface area contributed by atoms with Crippen molar-refractivity contribution in [3.8, 4) is 0 Å². The third-order valence-corrected chi connectivity index (χ3v) is 13.9. The van der Waals surface area contributed by atoms with Gasteiger partial charge < -0.3 is 0 Å². The van der Waals surface area contributed by atoms with E-state index in [0.29, 0.717) is 18.2 Å². The van der Waals surface area contributed by atoms with Crippen LogP contribution < -0.4 is 0 Å². The van der Waals surface area contributed by atoms with Gasteiger partial charge in [-0.15, -0.1) is 0 Å². The molecule has 2 heterocycles. The molecule has 0 bridgehead atoms. The quantitative estimate of drug-likeness (QED) is 0.590. The molecule has 0 aromatic rings. The Hall–Kier alpha value is 0.516. The van der Waals surface area contributed by atoms with Crippen molar-refractivity contribution in [1.82, 2.24) is 3.61 Å². The van der Waals surface area contributed by atoms with Crippen molar-refractivity contribution >= 4 is 17.2 Å². The summed E-state index contributed by atoms with van der Waals surface area (Å²) in [5.74, 6) is 2.87. The third-order valence-electron chi connectivity index (χ3n) is 8.56. The molecule has 3 saturated carbocycles. The van der Waals surface area contributed by atoms with E-state index in [0.717, 1.165) is 23.8 Å². The first-order valence-electron chi connectivity index (χ1n) is 11.9. The summed E-state index contributed by atoms with van der Waals surface area (Å²) in [4.78, 5) is 0. The molecular weight excluding hydrogens is 380 g/mol. The summed E-state index contributed by atoms with van der Waals surface area (Å²) in [6.07, 6.45) is 20.9. The Morgan fingerprint density at radius 3 is 2.42 bits per heavy atom. The van der Waals surface area contributed by atoms with Gasteiger partial charge in [0.2, 0.25) is 0 Å². The number of hydrogen-bond donors (Lipinski definition) is 0. The predicted octanol–water partition coefficient (Wildman–Crippen LogP) is 5.18. The molecule has 5 fully saturated rings. The summed E-state index contributed by atoms with van der Waals surface area (Å²) < 4.78 is 16.5. The summed E-state index contributed by atoms with van der Waals surface area (Å²) in [6.45, 7) is 2.45. The number of hydrogen-bond acceptors (Lipinski definition) is 3. The molecule has 5 aliphatic rings. The van der Waals surface area contributed by atoms with E-state index < -0.39 is 17.2 Å². The van der Waals surface area contributed by atoms with E-state index in [1.54, 1.807) is 0 Å². The van der Waals surface area contributed by atoms with E-state index in [1.165, 1.54) is 89.9 Å². The first kappa shape index (κ1) is 18.5. The monoisotopic (exact) mass is 417 g/mol. The third kappa shape index (κ3) is 3.58. The van der Waals surface area contributed by atoms with Gasteiger partial charge in [0, 0.05) is 0 Å². The molecular formula is C22H38GaNO2. The Kier molecular flexibility index (Phi) is 5.77. The fourth-order valence-electron chi connectivity index (χ4n) is 7.20. The van der Waals surface area contributed by atoms with Gasteiger partial charge in [0.15, 0.2) is 0 Å². The molecule has 6 atom stereocenters. The second-order valence-electron chi connectivity index (χ2n) is 10.1. The second kappa shape index (κ2) is 8.10. The van der Waals surface area contributed by atoms with E-state index in [2.05, 4.69) is 10.5 Å². The molecule has 26 heavy (non-hydrogen) atoms. The predicted molar refractivity (Wildman–Crippen MR) is 106 cm³/mol. The summed E-state index contributed by atoms with van der Waals surface area (Å²) >= 11 is -2.23. The van der Waals surface area contributed by atoms with Crippen molar-refractivity contribution in [2.75, 3.05) is 0 Å². The number of rotatable bonds is 3. The van der Waals surface area contributed by atoms with Crippen molar-refractivity contribution in [2.45, 2.75) is 121 Å². The molecule has 0 spiro atoms. The Bertz CT molecular complexity index is 483. The first-order valence-corrected chi connectivity index (χ1v) is 14.9. The molecule has 0 aromatic heterocycles. The molecule has 0 radical (unpaired) electrons. The van der Waals surface area contributed by atoms with Crippen molar-refractivity contribution in [2.24, 2.45) is 17.8 Å². The van der Waals surface area contributed by atoms with Crippen molar-refractivity contribution < 1.29 is 7.06 Å². The Morgan fingerprint density at radius 1 is 0.769 bits per heavy atom. The normalized spacial score (nSPS) is 44.9. The zero-order valence-corrected chi connectivity index (χ0v) is 19.2. The minimum absolute atomic E-state index is 0.522. The molecule has 146 valence electrons. The Balaban J connectivity index is 1.24. The number of nitrogens with zero attached hydrogens (tertiary/aromatic N) is 1. The zero-order valence-electron chi connectivity index (χ0n) is 16.8. The van der Waals surface area contributed by atoms with Crippen LogP contribution in [0.25, 0.3) is 0 Å². The van der Waals surface area contributed by atoms with Crippen molar-refractivity contribution in [3.05, 3.63) is 0 Å². The maximum atomic E-state index is 6.91. The van der Waals surface area contributed by atoms with Crippen LogP contribution in [-0.2, 0) is 7.06 Å². The second-order valence-corrected chi connectivity index (χ2v) is 13.8. The van der Waals surface area contributed by atoms with Gasteiger partial charge in [0.05, 0.1) is 0 Å². The fourth-order valence-corrected chi connectivity index (χ4v) is 13.1. The van der Waals surface area contributed by atoms with Gasteiger partial charge in [-0.25, -0.2) is 0 Å². The van der Waals surface area contributed by atoms with Crippen molar-refractivity contribution in [1.29, 1.82) is 0 Å². The van der Waals surface area contributed by atoms with Gasteiger partial charge in [0.25, 0.3) is 0 Å². The van der Waals surface area contributed by atoms with Gasteiger partial charge in [-0.1, -0.05) is 0 Å². The molecule has 5 rings (SSSR count). The van der Waals surface area contributed by atoms with Crippen LogP contribution in [0, 0.1) is 17.8 Å². The van der Waals surface area contributed by atoms with Crippen molar-refractivity contribution in [3.63, 3.8) is 0 Å². The van der Waals surface area contributed by atoms with Gasteiger partial charge in [-0.05, 0) is 0 Å². The molecule has 2 aliphatic heterocycles. The molecule has 4 heteroatoms. The average molecular weight is 418 g/mol. The zero-order chi connectivity index (χ0) is 17.5. The topological polar surface area (TPSA) is 21.7 Å². The van der Waals surface area contributed by atoms with Gasteiger partial charge in [-0.3, -0.25) is 0 Å². The van der Waals surface area contributed by atoms with Gasteiger partial charge in [0.1, 0.15) is 0 Å². The first-order chi connectivity index (χ1) is 12.8. The number of piperidine rings is 1. The van der Waals surface area contributed by atoms with Crippen LogP contribution >= 0.6 is 0 Å². The van der Waals surface area contributed by atoms with Crippen LogP contribution in [0.4, 0.5) is 0 Å². The average Bonchev–Trinajstić information content (AvgIpc) is 3.05. The van der Waals surface area contributed by atoms with Crippen LogP contribution in [0.15, 0.2) is 0 Å². The standard InChI is InChI=1S/C12H21O.C10H17NO.Ga/c13-12-8-4-7-11(9-12)10-5-2-1-3-6-10;1-7-5-6-8-3-2-4-9(12)10(8)11-7;/h10-12H,1-9H2;7-10H,2-6H2,1H3;/q-1;-2;+3. The van der Waals surface area contributed by atoms with Crippen LogP contribution in [-0.4, -0.2) is 45.1 Å². The minimum atomic E-state index is -2.23. The van der Waals surface area contributed by atoms with Gasteiger partial charge in [-0.2, -0.15) is 0 Å². The summed E-state index contributed by atoms with van der Waals surface area (Å²) in [5, 5.41) is 0. The van der Waals surface area contributed by atoms with E-state index in [-0.39, 0.29) is 0 Å². The molecule has 0 aromatic carbocycles. The molecule has 0 amide bonds. The van der Waals surface area contributed by atoms with E-state index >= 15 is 0 Å². The van der Waals surface area contributed by atoms with Crippen LogP contribution in [0.2, 0.25) is 0 Å². The molecule has 2 saturated heterocycles. The van der Waals surface area contributed by atoms with Crippen LogP contribution in [0.5, 0.6) is 0 Å². The molecule has 0 N–H and O–H groups in total. The van der Waals surface area contributed by atoms with E-state index in [1.807, 2.05) is 0 Å². The van der Waals surface area contributed by atoms with Gasteiger partial charge >= 0.3 is 167 Å². The van der Waals surface area contributed by atoms with Crippen LogP contribution in [0.3, 0.4) is 0 Å². The Morgan fingerprint density at radius 2 is 1.54 bits per heavy atom. The molecule has 3 nitrogen and oxygen atoms in total. The molecule has 6 unspecified atom stereocenters. The maximum absolute atomic E-state index is 6.91. The molecule has 3 aliphatic carbocycles. The van der Waals surface area contributed by atoms with Crippen LogP contribution in [0.1, 0.15) is 96.8 Å². The van der Waals surface area contributed by atoms with E-state index in [4.69, 9.17) is 7.06 Å². The fraction of sp³-hybridized carbons (Fsp3) is 1.00. The Labute approximate surface area is 166 Å².